The summed E-state index contributed by atoms with van der Waals surface area (Å²) >= 11 is 0. The minimum atomic E-state index is -2.99. The molecule has 0 saturated carbocycles. The van der Waals surface area contributed by atoms with E-state index < -0.39 is 19.2 Å². The van der Waals surface area contributed by atoms with Gasteiger partial charge in [-0.3, -0.25) is 9.59 Å². The SMILES string of the molecule is COc1cc(/C=C/C(=O)OCC(=O)N2CCC(C(=O)Nc3ccccc3)CC2)ccc1OC(F)F. The number of methoxy groups -OCH3 is 1. The Hall–Kier alpha value is -3.95. The first-order valence-electron chi connectivity index (χ1n) is 11.0. The Kier molecular flexibility index (Phi) is 9.16. The first kappa shape index (κ1) is 25.7. The standard InChI is InChI=1S/C25H26F2N2O6/c1-33-21-15-17(7-9-20(21)35-25(26)27)8-10-23(31)34-16-22(30)29-13-11-18(12-14-29)24(32)28-19-5-3-2-4-6-19/h2-10,15,18,25H,11-14,16H2,1H3,(H,28,32)/b10-8+. The van der Waals surface area contributed by atoms with Crippen molar-refractivity contribution in [1.82, 2.24) is 4.90 Å². The Bertz CT molecular complexity index is 1050. The van der Waals surface area contributed by atoms with Gasteiger partial charge in [-0.25, -0.2) is 4.79 Å². The number of carbonyl (C=O) groups is 3. The lowest BCUT2D eigenvalue weighted by atomic mass is 9.95. The molecule has 1 fully saturated rings. The Morgan fingerprint density at radius 1 is 1.09 bits per heavy atom. The van der Waals surface area contributed by atoms with Gasteiger partial charge in [-0.15, -0.1) is 0 Å². The van der Waals surface area contributed by atoms with Crippen molar-refractivity contribution < 1.29 is 37.4 Å². The number of hydrogen-bond donors (Lipinski definition) is 1. The van der Waals surface area contributed by atoms with Crippen LogP contribution in [-0.4, -0.2) is 56.1 Å². The molecule has 0 bridgehead atoms. The molecule has 186 valence electrons. The lowest BCUT2D eigenvalue weighted by molar-refractivity contribution is -0.149. The van der Waals surface area contributed by atoms with Crippen LogP contribution in [0.25, 0.3) is 6.08 Å². The van der Waals surface area contributed by atoms with Crippen molar-refractivity contribution in [3.63, 3.8) is 0 Å². The molecule has 2 amide bonds. The second-order valence-corrected chi connectivity index (χ2v) is 7.74. The van der Waals surface area contributed by atoms with Gasteiger partial charge in [-0.2, -0.15) is 8.78 Å². The van der Waals surface area contributed by atoms with Crippen molar-refractivity contribution in [3.8, 4) is 11.5 Å². The van der Waals surface area contributed by atoms with Gasteiger partial charge in [0.25, 0.3) is 5.91 Å². The number of rotatable bonds is 9. The summed E-state index contributed by atoms with van der Waals surface area (Å²) in [5.74, 6) is -1.40. The predicted octanol–water partition coefficient (Wildman–Crippen LogP) is 3.73. The summed E-state index contributed by atoms with van der Waals surface area (Å²) in [6.45, 7) is -2.62. The number of para-hydroxylation sites is 1. The van der Waals surface area contributed by atoms with E-state index in [1.165, 1.54) is 31.4 Å². The smallest absolute Gasteiger partial charge is 0.387 e. The van der Waals surface area contributed by atoms with Crippen LogP contribution in [0.1, 0.15) is 18.4 Å². The molecule has 0 aromatic heterocycles. The van der Waals surface area contributed by atoms with Crippen LogP contribution >= 0.6 is 0 Å². The minimum absolute atomic E-state index is 0.0784. The number of ether oxygens (including phenoxy) is 3. The summed E-state index contributed by atoms with van der Waals surface area (Å²) in [4.78, 5) is 38.4. The predicted molar refractivity (Wildman–Crippen MR) is 124 cm³/mol. The lowest BCUT2D eigenvalue weighted by Crippen LogP contribution is -2.43. The van der Waals surface area contributed by atoms with Gasteiger partial charge in [0.2, 0.25) is 5.91 Å². The summed E-state index contributed by atoms with van der Waals surface area (Å²) in [5, 5.41) is 2.87. The number of likely N-dealkylation sites (tertiary alicyclic amines) is 1. The number of carbonyl (C=O) groups excluding carboxylic acids is 3. The summed E-state index contributed by atoms with van der Waals surface area (Å²) in [7, 11) is 1.31. The van der Waals surface area contributed by atoms with Gasteiger partial charge in [0, 0.05) is 30.8 Å². The third kappa shape index (κ3) is 7.80. The number of esters is 1. The molecule has 1 N–H and O–H groups in total. The zero-order valence-electron chi connectivity index (χ0n) is 19.1. The van der Waals surface area contributed by atoms with Crippen molar-refractivity contribution >= 4 is 29.5 Å². The third-order valence-electron chi connectivity index (χ3n) is 5.41. The molecule has 0 spiro atoms. The van der Waals surface area contributed by atoms with Gasteiger partial charge < -0.3 is 24.4 Å². The van der Waals surface area contributed by atoms with E-state index in [9.17, 15) is 23.2 Å². The van der Waals surface area contributed by atoms with Crippen LogP contribution in [0, 0.1) is 5.92 Å². The highest BCUT2D eigenvalue weighted by Crippen LogP contribution is 2.29. The Labute approximate surface area is 201 Å². The highest BCUT2D eigenvalue weighted by Gasteiger charge is 2.27. The van der Waals surface area contributed by atoms with Gasteiger partial charge in [-0.05, 0) is 48.7 Å². The highest BCUT2D eigenvalue weighted by molar-refractivity contribution is 5.93. The number of amides is 2. The number of nitrogens with one attached hydrogen (secondary N) is 1. The molecule has 2 aromatic rings. The molecule has 0 aliphatic carbocycles. The van der Waals surface area contributed by atoms with Crippen LogP contribution in [-0.2, 0) is 19.1 Å². The maximum absolute atomic E-state index is 12.4. The molecule has 8 nitrogen and oxygen atoms in total. The average Bonchev–Trinajstić information content (AvgIpc) is 2.87. The van der Waals surface area contributed by atoms with Crippen LogP contribution in [0.15, 0.2) is 54.6 Å². The second-order valence-electron chi connectivity index (χ2n) is 7.74. The van der Waals surface area contributed by atoms with Crippen molar-refractivity contribution in [2.75, 3.05) is 32.1 Å². The second kappa shape index (κ2) is 12.5. The molecule has 1 aliphatic heterocycles. The topological polar surface area (TPSA) is 94.2 Å². The molecule has 0 radical (unpaired) electrons. The molecule has 3 rings (SSSR count). The molecule has 1 aliphatic rings. The molecule has 0 atom stereocenters. The van der Waals surface area contributed by atoms with Crippen molar-refractivity contribution in [3.05, 3.63) is 60.2 Å². The van der Waals surface area contributed by atoms with E-state index in [4.69, 9.17) is 9.47 Å². The fourth-order valence-electron chi connectivity index (χ4n) is 3.57. The number of halogens is 2. The first-order valence-corrected chi connectivity index (χ1v) is 11.0. The monoisotopic (exact) mass is 488 g/mol. The molecule has 10 heteroatoms. The largest absolute Gasteiger partial charge is 0.493 e. The minimum Gasteiger partial charge on any atom is -0.493 e. The Balaban J connectivity index is 1.42. The summed E-state index contributed by atoms with van der Waals surface area (Å²) in [5.41, 5.74) is 1.22. The molecular formula is C25H26F2N2O6. The van der Waals surface area contributed by atoms with Gasteiger partial charge in [0.05, 0.1) is 7.11 Å². The van der Waals surface area contributed by atoms with Crippen LogP contribution in [0.5, 0.6) is 11.5 Å². The first-order chi connectivity index (χ1) is 16.9. The van der Waals surface area contributed by atoms with Crippen LogP contribution in [0.2, 0.25) is 0 Å². The van der Waals surface area contributed by atoms with E-state index in [1.807, 2.05) is 30.3 Å². The van der Waals surface area contributed by atoms with Gasteiger partial charge in [0.15, 0.2) is 18.1 Å². The average molecular weight is 488 g/mol. The normalized spacial score (nSPS) is 14.1. The van der Waals surface area contributed by atoms with E-state index in [-0.39, 0.29) is 29.2 Å². The number of alkyl halides is 2. The fraction of sp³-hybridized carbons (Fsp3) is 0.320. The number of piperidine rings is 1. The maximum atomic E-state index is 12.4. The summed E-state index contributed by atoms with van der Waals surface area (Å²) in [6, 6.07) is 13.4. The molecule has 2 aromatic carbocycles. The highest BCUT2D eigenvalue weighted by atomic mass is 19.3. The zero-order valence-corrected chi connectivity index (χ0v) is 19.1. The van der Waals surface area contributed by atoms with Crippen molar-refractivity contribution in [1.29, 1.82) is 0 Å². The fourth-order valence-corrected chi connectivity index (χ4v) is 3.57. The lowest BCUT2D eigenvalue weighted by Gasteiger charge is -2.31. The van der Waals surface area contributed by atoms with E-state index >= 15 is 0 Å². The van der Waals surface area contributed by atoms with Gasteiger partial charge in [-0.1, -0.05) is 24.3 Å². The van der Waals surface area contributed by atoms with Crippen molar-refractivity contribution in [2.45, 2.75) is 19.5 Å². The number of hydrogen-bond acceptors (Lipinski definition) is 6. The van der Waals surface area contributed by atoms with E-state index in [2.05, 4.69) is 10.1 Å². The molecule has 35 heavy (non-hydrogen) atoms. The number of anilines is 1. The Morgan fingerprint density at radius 3 is 2.46 bits per heavy atom. The van der Waals surface area contributed by atoms with Gasteiger partial charge in [0.1, 0.15) is 0 Å². The van der Waals surface area contributed by atoms with Crippen LogP contribution < -0.4 is 14.8 Å². The molecule has 1 heterocycles. The zero-order chi connectivity index (χ0) is 25.2. The van der Waals surface area contributed by atoms with Crippen molar-refractivity contribution in [2.24, 2.45) is 5.92 Å². The molecule has 1 saturated heterocycles. The van der Waals surface area contributed by atoms with E-state index in [0.717, 1.165) is 11.8 Å². The number of benzene rings is 2. The Morgan fingerprint density at radius 2 is 1.80 bits per heavy atom. The van der Waals surface area contributed by atoms with Crippen LogP contribution in [0.4, 0.5) is 14.5 Å². The summed E-state index contributed by atoms with van der Waals surface area (Å²) in [6.07, 6.45) is 3.56. The molecule has 0 unspecified atom stereocenters. The van der Waals surface area contributed by atoms with Crippen LogP contribution in [0.3, 0.4) is 0 Å². The van der Waals surface area contributed by atoms with E-state index in [0.29, 0.717) is 31.5 Å². The summed E-state index contributed by atoms with van der Waals surface area (Å²) < 4.78 is 39.2. The molecular weight excluding hydrogens is 462 g/mol. The number of nitrogens with zero attached hydrogens (tertiary/aromatic N) is 1. The third-order valence-corrected chi connectivity index (χ3v) is 5.41. The van der Waals surface area contributed by atoms with Gasteiger partial charge >= 0.3 is 12.6 Å². The van der Waals surface area contributed by atoms with E-state index in [1.54, 1.807) is 4.90 Å². The maximum Gasteiger partial charge on any atom is 0.387 e. The quantitative estimate of drug-likeness (QED) is 0.427.